The molecule has 0 fully saturated rings. The zero-order valence-corrected chi connectivity index (χ0v) is 11.6. The van der Waals surface area contributed by atoms with Gasteiger partial charge < -0.3 is 10.8 Å². The van der Waals surface area contributed by atoms with E-state index < -0.39 is 29.9 Å². The van der Waals surface area contributed by atoms with Crippen molar-refractivity contribution < 1.29 is 19.9 Å². The Labute approximate surface area is 117 Å². The molecule has 1 aromatic carbocycles. The normalized spacial score (nSPS) is 13.8. The van der Waals surface area contributed by atoms with E-state index >= 15 is 0 Å². The molecule has 4 N–H and O–H groups in total. The number of hydrogen-bond acceptors (Lipinski definition) is 4. The van der Waals surface area contributed by atoms with Crippen LogP contribution < -0.4 is 5.73 Å². The van der Waals surface area contributed by atoms with Crippen LogP contribution in [0.5, 0.6) is 0 Å². The smallest absolute Gasteiger partial charge is 0.329 e. The van der Waals surface area contributed by atoms with Gasteiger partial charge in [-0.15, -0.1) is 0 Å². The summed E-state index contributed by atoms with van der Waals surface area (Å²) in [5.74, 6) is -2.48. The molecule has 0 aliphatic heterocycles. The third-order valence-corrected chi connectivity index (χ3v) is 2.99. The number of carboxylic acid groups (broad SMARTS) is 1. The molecule has 0 aromatic heterocycles. The quantitative estimate of drug-likeness (QED) is 0.530. The average molecular weight is 280 g/mol. The van der Waals surface area contributed by atoms with Crippen LogP contribution in [0.3, 0.4) is 0 Å². The van der Waals surface area contributed by atoms with Crippen molar-refractivity contribution in [1.82, 2.24) is 5.06 Å². The van der Waals surface area contributed by atoms with Gasteiger partial charge in [0, 0.05) is 0 Å². The highest BCUT2D eigenvalue weighted by atomic mass is 16.5. The molecule has 0 spiro atoms. The maximum absolute atomic E-state index is 12.0. The summed E-state index contributed by atoms with van der Waals surface area (Å²) < 4.78 is 0. The lowest BCUT2D eigenvalue weighted by atomic mass is 10.0. The zero-order valence-electron chi connectivity index (χ0n) is 11.6. The topological polar surface area (TPSA) is 104 Å². The highest BCUT2D eigenvalue weighted by Crippen LogP contribution is 2.12. The molecule has 0 aliphatic carbocycles. The number of carboxylic acids is 1. The van der Waals surface area contributed by atoms with Crippen LogP contribution in [0.4, 0.5) is 0 Å². The third kappa shape index (κ3) is 4.04. The zero-order chi connectivity index (χ0) is 15.3. The largest absolute Gasteiger partial charge is 0.480 e. The number of rotatable bonds is 6. The number of nitrogens with two attached hydrogens (primary N) is 1. The van der Waals surface area contributed by atoms with Crippen molar-refractivity contribution in [2.75, 3.05) is 0 Å². The van der Waals surface area contributed by atoms with Crippen molar-refractivity contribution in [2.24, 2.45) is 11.7 Å². The van der Waals surface area contributed by atoms with E-state index in [1.165, 1.54) is 0 Å². The van der Waals surface area contributed by atoms with Crippen LogP contribution in [0, 0.1) is 5.92 Å². The van der Waals surface area contributed by atoms with Crippen LogP contribution in [0.15, 0.2) is 30.3 Å². The number of aliphatic carboxylic acids is 1. The number of nitrogens with zero attached hydrogens (tertiary/aromatic N) is 1. The van der Waals surface area contributed by atoms with Crippen molar-refractivity contribution in [1.29, 1.82) is 0 Å². The molecule has 6 heteroatoms. The maximum Gasteiger partial charge on any atom is 0.329 e. The predicted octanol–water partition coefficient (Wildman–Crippen LogP) is 0.883. The minimum atomic E-state index is -1.30. The van der Waals surface area contributed by atoms with Crippen LogP contribution in [0.1, 0.15) is 19.4 Å². The molecule has 2 atom stereocenters. The van der Waals surface area contributed by atoms with E-state index in [1.807, 2.05) is 30.3 Å². The van der Waals surface area contributed by atoms with Crippen LogP contribution >= 0.6 is 0 Å². The summed E-state index contributed by atoms with van der Waals surface area (Å²) >= 11 is 0. The number of hydroxylamine groups is 2. The molecular formula is C14H20N2O4. The lowest BCUT2D eigenvalue weighted by molar-refractivity contribution is -0.191. The molecule has 0 radical (unpaired) electrons. The van der Waals surface area contributed by atoms with E-state index in [9.17, 15) is 14.8 Å². The molecule has 110 valence electrons. The van der Waals surface area contributed by atoms with Crippen molar-refractivity contribution >= 4 is 11.9 Å². The van der Waals surface area contributed by atoms with E-state index in [-0.39, 0.29) is 11.5 Å². The van der Waals surface area contributed by atoms with Gasteiger partial charge in [0.05, 0.1) is 6.04 Å². The third-order valence-electron chi connectivity index (χ3n) is 2.99. The van der Waals surface area contributed by atoms with E-state index in [4.69, 9.17) is 10.8 Å². The Morgan fingerprint density at radius 1 is 1.25 bits per heavy atom. The molecule has 2 unspecified atom stereocenters. The molecule has 0 saturated carbocycles. The van der Waals surface area contributed by atoms with Crippen molar-refractivity contribution in [2.45, 2.75) is 32.4 Å². The molecule has 6 nitrogen and oxygen atoms in total. The first-order chi connectivity index (χ1) is 9.34. The summed E-state index contributed by atoms with van der Waals surface area (Å²) in [6, 6.07) is 6.81. The number of carbonyl (C=O) groups excluding carboxylic acids is 1. The first-order valence-electron chi connectivity index (χ1n) is 6.38. The van der Waals surface area contributed by atoms with Crippen LogP contribution in [0.2, 0.25) is 0 Å². The number of benzene rings is 1. The Morgan fingerprint density at radius 3 is 2.25 bits per heavy atom. The second kappa shape index (κ2) is 7.02. The van der Waals surface area contributed by atoms with Gasteiger partial charge in [-0.1, -0.05) is 44.2 Å². The van der Waals surface area contributed by atoms with Crippen LogP contribution in [0.25, 0.3) is 0 Å². The lowest BCUT2D eigenvalue weighted by Gasteiger charge is -2.27. The Kier molecular flexibility index (Phi) is 5.66. The fourth-order valence-corrected chi connectivity index (χ4v) is 1.93. The summed E-state index contributed by atoms with van der Waals surface area (Å²) in [5, 5.41) is 19.1. The van der Waals surface area contributed by atoms with E-state index in [0.717, 1.165) is 5.56 Å². The molecular weight excluding hydrogens is 260 g/mol. The fraction of sp³-hybridized carbons (Fsp3) is 0.429. The first kappa shape index (κ1) is 16.1. The minimum absolute atomic E-state index is 0.237. The lowest BCUT2D eigenvalue weighted by Crippen LogP contribution is -2.52. The van der Waals surface area contributed by atoms with Gasteiger partial charge in [0.1, 0.15) is 0 Å². The molecule has 0 aliphatic rings. The second-order valence-electron chi connectivity index (χ2n) is 5.01. The molecule has 0 saturated heterocycles. The number of amides is 1. The summed E-state index contributed by atoms with van der Waals surface area (Å²) in [6.45, 7) is 3.22. The van der Waals surface area contributed by atoms with Crippen molar-refractivity contribution in [3.8, 4) is 0 Å². The summed E-state index contributed by atoms with van der Waals surface area (Å²) in [5.41, 5.74) is 6.59. The van der Waals surface area contributed by atoms with Crippen molar-refractivity contribution in [3.05, 3.63) is 35.9 Å². The monoisotopic (exact) mass is 280 g/mol. The average Bonchev–Trinajstić information content (AvgIpc) is 2.37. The summed E-state index contributed by atoms with van der Waals surface area (Å²) in [4.78, 5) is 23.1. The highest BCUT2D eigenvalue weighted by Gasteiger charge is 2.33. The van der Waals surface area contributed by atoms with Crippen molar-refractivity contribution in [3.63, 3.8) is 0 Å². The number of carbonyl (C=O) groups is 2. The Balaban J connectivity index is 2.75. The van der Waals surface area contributed by atoms with Gasteiger partial charge in [-0.25, -0.2) is 9.86 Å². The van der Waals surface area contributed by atoms with Gasteiger partial charge in [-0.2, -0.15) is 0 Å². The van der Waals surface area contributed by atoms with Gasteiger partial charge in [0.2, 0.25) is 0 Å². The number of hydrogen-bond donors (Lipinski definition) is 3. The summed E-state index contributed by atoms with van der Waals surface area (Å²) in [7, 11) is 0. The Morgan fingerprint density at radius 2 is 1.80 bits per heavy atom. The van der Waals surface area contributed by atoms with Gasteiger partial charge in [0.15, 0.2) is 6.04 Å². The Hall–Kier alpha value is -1.92. The standard InChI is InChI=1S/C14H20N2O4/c1-9(2)12(14(18)19)16(20)13(17)11(15)8-10-6-4-3-5-7-10/h3-7,9,11-12,20H,8,15H2,1-2H3,(H,18,19). The van der Waals surface area contributed by atoms with Gasteiger partial charge in [-0.05, 0) is 17.9 Å². The van der Waals surface area contributed by atoms with Gasteiger partial charge >= 0.3 is 5.97 Å². The van der Waals surface area contributed by atoms with Crippen LogP contribution in [-0.4, -0.2) is 39.3 Å². The Bertz CT molecular complexity index is 462. The predicted molar refractivity (Wildman–Crippen MR) is 73.0 cm³/mol. The molecule has 0 bridgehead atoms. The van der Waals surface area contributed by atoms with Gasteiger partial charge in [0.25, 0.3) is 5.91 Å². The molecule has 0 heterocycles. The molecule has 1 aromatic rings. The first-order valence-corrected chi connectivity index (χ1v) is 6.38. The van der Waals surface area contributed by atoms with Gasteiger partial charge in [-0.3, -0.25) is 10.0 Å². The SMILES string of the molecule is CC(C)C(C(=O)O)N(O)C(=O)C(N)Cc1ccccc1. The molecule has 1 amide bonds. The fourth-order valence-electron chi connectivity index (χ4n) is 1.93. The van der Waals surface area contributed by atoms with E-state index in [2.05, 4.69) is 0 Å². The molecule has 20 heavy (non-hydrogen) atoms. The van der Waals surface area contributed by atoms with Crippen LogP contribution in [-0.2, 0) is 16.0 Å². The molecule has 1 rings (SSSR count). The highest BCUT2D eigenvalue weighted by molar-refractivity contribution is 5.86. The van der Waals surface area contributed by atoms with E-state index in [0.29, 0.717) is 0 Å². The minimum Gasteiger partial charge on any atom is -0.480 e. The second-order valence-corrected chi connectivity index (χ2v) is 5.01. The van der Waals surface area contributed by atoms with E-state index in [1.54, 1.807) is 13.8 Å². The summed E-state index contributed by atoms with van der Waals surface area (Å²) in [6.07, 6.45) is 0.237. The maximum atomic E-state index is 12.0.